The Morgan fingerprint density at radius 3 is 2.65 bits per heavy atom. The van der Waals surface area contributed by atoms with Gasteiger partial charge < -0.3 is 23.7 Å². The molecule has 2 aromatic heterocycles. The number of piperidine rings is 1. The molecule has 1 N–H and O–H groups in total. The third kappa shape index (κ3) is 5.00. The number of morpholine rings is 1. The Bertz CT molecular complexity index is 1400. The van der Waals surface area contributed by atoms with E-state index < -0.39 is 0 Å². The van der Waals surface area contributed by atoms with E-state index in [-0.39, 0.29) is 0 Å². The summed E-state index contributed by atoms with van der Waals surface area (Å²) in [6.07, 6.45) is 2.45. The molecule has 4 aromatic rings. The second-order valence-corrected chi connectivity index (χ2v) is 11.4. The Morgan fingerprint density at radius 2 is 1.84 bits per heavy atom. The molecule has 2 saturated heterocycles. The number of pyridine rings is 1. The molecule has 4 heterocycles. The van der Waals surface area contributed by atoms with Crippen molar-refractivity contribution in [3.05, 3.63) is 42.5 Å². The molecule has 2 aromatic carbocycles. The van der Waals surface area contributed by atoms with Crippen molar-refractivity contribution in [2.45, 2.75) is 12.8 Å². The highest BCUT2D eigenvalue weighted by molar-refractivity contribution is 6.11. The van der Waals surface area contributed by atoms with Gasteiger partial charge in [-0.1, -0.05) is 12.1 Å². The van der Waals surface area contributed by atoms with E-state index in [0.29, 0.717) is 5.92 Å². The third-order valence-corrected chi connectivity index (χ3v) is 8.34. The lowest BCUT2D eigenvalue weighted by Crippen LogP contribution is -2.46. The Labute approximate surface area is 219 Å². The fraction of sp³-hybridized carbons (Fsp3) is 0.500. The van der Waals surface area contributed by atoms with Gasteiger partial charge in [0.2, 0.25) is 11.1 Å². The largest absolute Gasteiger partial charge is 0.493 e. The van der Waals surface area contributed by atoms with Crippen molar-refractivity contribution >= 4 is 38.7 Å². The number of nitrogens with one attached hydrogen (secondary N) is 1. The number of benzene rings is 2. The van der Waals surface area contributed by atoms with Gasteiger partial charge in [0.1, 0.15) is 18.4 Å². The van der Waals surface area contributed by atoms with Gasteiger partial charge in [-0.15, -0.1) is 0 Å². The first-order valence-electron chi connectivity index (χ1n) is 13.7. The number of nitrogens with zero attached hydrogens (tertiary/aromatic N) is 3. The number of para-hydroxylation sites is 1. The molecule has 0 saturated carbocycles. The second kappa shape index (κ2) is 10.1. The minimum absolute atomic E-state index is 0.630. The smallest absolute Gasteiger partial charge is 0.261 e. The molecule has 0 spiro atoms. The molecular formula is C30H40N4O3+2. The number of hydrogen-bond donors (Lipinski definition) is 1. The maximum absolute atomic E-state index is 6.51. The maximum Gasteiger partial charge on any atom is 0.261 e. The predicted octanol–water partition coefficient (Wildman–Crippen LogP) is 4.17. The summed E-state index contributed by atoms with van der Waals surface area (Å²) in [5.41, 5.74) is 5.15. The predicted molar refractivity (Wildman–Crippen MR) is 148 cm³/mol. The molecule has 0 radical (unpaired) electrons. The number of fused-ring (bicyclic) bond motifs is 4. The number of ether oxygens (including phenoxy) is 2. The van der Waals surface area contributed by atoms with Crippen LogP contribution in [0.25, 0.3) is 33.0 Å². The number of aryl methyl sites for hydroxylation is 1. The average molecular weight is 505 g/mol. The Morgan fingerprint density at radius 1 is 1.05 bits per heavy atom. The molecule has 7 nitrogen and oxygen atoms in total. The van der Waals surface area contributed by atoms with Crippen LogP contribution < -0.4 is 14.6 Å². The van der Waals surface area contributed by atoms with Crippen LogP contribution in [0.2, 0.25) is 0 Å². The summed E-state index contributed by atoms with van der Waals surface area (Å²) in [7, 11) is 6.78. The lowest BCUT2D eigenvalue weighted by Gasteiger charge is -2.37. The number of likely N-dealkylation sites (tertiary alicyclic amines) is 1. The summed E-state index contributed by atoms with van der Waals surface area (Å²) in [6, 6.07) is 14.8. The van der Waals surface area contributed by atoms with Gasteiger partial charge in [0.15, 0.2) is 0 Å². The lowest BCUT2D eigenvalue weighted by atomic mass is 9.97. The molecule has 0 atom stereocenters. The van der Waals surface area contributed by atoms with E-state index in [4.69, 9.17) is 13.9 Å². The molecule has 2 aliphatic heterocycles. The van der Waals surface area contributed by atoms with Crippen LogP contribution in [0, 0.1) is 5.92 Å². The summed E-state index contributed by atoms with van der Waals surface area (Å²) >= 11 is 0. The summed E-state index contributed by atoms with van der Waals surface area (Å²) in [5, 5.41) is 6.00. The molecule has 0 amide bonds. The van der Waals surface area contributed by atoms with E-state index in [2.05, 4.69) is 78.4 Å². The van der Waals surface area contributed by atoms with Crippen LogP contribution in [0.1, 0.15) is 12.8 Å². The van der Waals surface area contributed by atoms with Crippen LogP contribution in [-0.2, 0) is 11.8 Å². The van der Waals surface area contributed by atoms with Gasteiger partial charge >= 0.3 is 0 Å². The van der Waals surface area contributed by atoms with E-state index in [0.717, 1.165) is 84.0 Å². The third-order valence-electron chi connectivity index (χ3n) is 8.34. The Balaban J connectivity index is 1.30. The van der Waals surface area contributed by atoms with E-state index in [1.807, 2.05) is 0 Å². The SMILES string of the molecule is C[n+]1c2ccccc2c(NCCN2CCOCC2)c2oc3ccc(OCC4CC[N+](C)(C)CC4)cc3c21. The molecule has 0 bridgehead atoms. The van der Waals surface area contributed by atoms with Gasteiger partial charge in [-0.25, -0.2) is 0 Å². The topological polar surface area (TPSA) is 50.8 Å². The zero-order valence-corrected chi connectivity index (χ0v) is 22.5. The van der Waals surface area contributed by atoms with Gasteiger partial charge in [0.25, 0.3) is 5.52 Å². The number of anilines is 1. The average Bonchev–Trinajstić information content (AvgIpc) is 3.29. The highest BCUT2D eigenvalue weighted by atomic mass is 16.5. The van der Waals surface area contributed by atoms with Gasteiger partial charge in [-0.05, 0) is 24.3 Å². The molecule has 6 rings (SSSR count). The monoisotopic (exact) mass is 504 g/mol. The molecule has 0 unspecified atom stereocenters. The van der Waals surface area contributed by atoms with Crippen molar-refractivity contribution in [1.29, 1.82) is 0 Å². The van der Waals surface area contributed by atoms with E-state index in [1.54, 1.807) is 0 Å². The summed E-state index contributed by atoms with van der Waals surface area (Å²) < 4.78 is 21.7. The standard InChI is InChI=1S/C30H39N4O3/c1-32-26-7-5-4-6-24(26)28(31-12-13-33-14-18-35-19-15-33)30-29(32)25-20-23(8-9-27(25)37-30)36-21-22-10-16-34(2,3)17-11-22/h4-9,20,22H,10-19,21H2,1-3H3/q+1/p+1. The van der Waals surface area contributed by atoms with Crippen molar-refractivity contribution in [3.63, 3.8) is 0 Å². The molecule has 0 aliphatic carbocycles. The van der Waals surface area contributed by atoms with Gasteiger partial charge in [-0.3, -0.25) is 4.90 Å². The summed E-state index contributed by atoms with van der Waals surface area (Å²) in [6.45, 7) is 8.70. The van der Waals surface area contributed by atoms with Gasteiger partial charge in [0, 0.05) is 51.0 Å². The van der Waals surface area contributed by atoms with Crippen LogP contribution in [0.5, 0.6) is 5.75 Å². The first-order chi connectivity index (χ1) is 18.0. The Hall–Kier alpha value is -2.87. The zero-order valence-electron chi connectivity index (χ0n) is 22.5. The first-order valence-corrected chi connectivity index (χ1v) is 13.7. The number of rotatable bonds is 7. The van der Waals surface area contributed by atoms with Crippen LogP contribution in [0.3, 0.4) is 0 Å². The van der Waals surface area contributed by atoms with E-state index in [9.17, 15) is 0 Å². The second-order valence-electron chi connectivity index (χ2n) is 11.4. The minimum Gasteiger partial charge on any atom is -0.493 e. The maximum atomic E-state index is 6.51. The van der Waals surface area contributed by atoms with Crippen molar-refractivity contribution in [2.24, 2.45) is 13.0 Å². The molecule has 2 fully saturated rings. The fourth-order valence-corrected chi connectivity index (χ4v) is 5.92. The van der Waals surface area contributed by atoms with E-state index in [1.165, 1.54) is 36.8 Å². The van der Waals surface area contributed by atoms with Crippen LogP contribution in [0.15, 0.2) is 46.9 Å². The summed E-state index contributed by atoms with van der Waals surface area (Å²) in [4.78, 5) is 2.45. The molecule has 196 valence electrons. The van der Waals surface area contributed by atoms with Crippen LogP contribution in [0.4, 0.5) is 5.69 Å². The van der Waals surface area contributed by atoms with Gasteiger partial charge in [0.05, 0.1) is 63.5 Å². The number of quaternary nitrogens is 1. The van der Waals surface area contributed by atoms with Gasteiger partial charge in [-0.2, -0.15) is 4.57 Å². The minimum atomic E-state index is 0.630. The lowest BCUT2D eigenvalue weighted by molar-refractivity contribution is -0.896. The number of hydrogen-bond acceptors (Lipinski definition) is 5. The number of furan rings is 1. The highest BCUT2D eigenvalue weighted by Gasteiger charge is 2.27. The fourth-order valence-electron chi connectivity index (χ4n) is 5.92. The summed E-state index contributed by atoms with van der Waals surface area (Å²) in [5.74, 6) is 1.55. The highest BCUT2D eigenvalue weighted by Crippen LogP contribution is 2.37. The van der Waals surface area contributed by atoms with Crippen molar-refractivity contribution in [2.75, 3.05) is 78.5 Å². The quantitative estimate of drug-likeness (QED) is 0.302. The van der Waals surface area contributed by atoms with Crippen molar-refractivity contribution in [1.82, 2.24) is 4.90 Å². The van der Waals surface area contributed by atoms with E-state index >= 15 is 0 Å². The van der Waals surface area contributed by atoms with Crippen LogP contribution in [-0.4, -0.2) is 82.6 Å². The molecular weight excluding hydrogens is 464 g/mol. The first kappa shape index (κ1) is 24.5. The number of aromatic nitrogens is 1. The molecule has 37 heavy (non-hydrogen) atoms. The van der Waals surface area contributed by atoms with Crippen molar-refractivity contribution < 1.29 is 22.9 Å². The molecule has 7 heteroatoms. The molecule has 2 aliphatic rings. The Kier molecular flexibility index (Phi) is 6.69. The zero-order chi connectivity index (χ0) is 25.4. The van der Waals surface area contributed by atoms with Crippen molar-refractivity contribution in [3.8, 4) is 5.75 Å². The van der Waals surface area contributed by atoms with Crippen LogP contribution >= 0.6 is 0 Å². The normalized spacial score (nSPS) is 19.1.